The molecule has 4 N–H and O–H groups in total. The molecule has 1 aliphatic carbocycles. The fraction of sp³-hybridized carbons (Fsp3) is 0.478. The highest BCUT2D eigenvalue weighted by Gasteiger charge is 2.47. The van der Waals surface area contributed by atoms with Crippen molar-refractivity contribution >= 4 is 46.4 Å². The van der Waals surface area contributed by atoms with Gasteiger partial charge in [0.15, 0.2) is 0 Å². The van der Waals surface area contributed by atoms with Gasteiger partial charge in [-0.3, -0.25) is 0 Å². The second-order valence-corrected chi connectivity index (χ2v) is 10.7. The minimum atomic E-state index is -3.33. The molecule has 0 radical (unpaired) electrons. The van der Waals surface area contributed by atoms with E-state index in [-0.39, 0.29) is 61.7 Å². The summed E-state index contributed by atoms with van der Waals surface area (Å²) in [5, 5.41) is 4.52. The molecule has 0 spiro atoms. The number of fused-ring (bicyclic) bond motifs is 1. The number of ether oxygens (including phenoxy) is 1. The van der Waals surface area contributed by atoms with Gasteiger partial charge >= 0.3 is 0 Å². The minimum Gasteiger partial charge on any atom is -0.492 e. The van der Waals surface area contributed by atoms with Gasteiger partial charge in [-0.15, -0.1) is 24.8 Å². The van der Waals surface area contributed by atoms with Crippen LogP contribution in [0.4, 0.5) is 0 Å². The first-order valence-corrected chi connectivity index (χ1v) is 12.9. The summed E-state index contributed by atoms with van der Waals surface area (Å²) in [6, 6.07) is 14.7. The van der Waals surface area contributed by atoms with E-state index < -0.39 is 10.0 Å². The van der Waals surface area contributed by atoms with Gasteiger partial charge in [0, 0.05) is 29.6 Å². The van der Waals surface area contributed by atoms with Crippen LogP contribution in [0.15, 0.2) is 42.5 Å². The number of sulfonamides is 1. The van der Waals surface area contributed by atoms with E-state index >= 15 is 0 Å². The van der Waals surface area contributed by atoms with Crippen molar-refractivity contribution in [3.63, 3.8) is 0 Å². The largest absolute Gasteiger partial charge is 0.492 e. The summed E-state index contributed by atoms with van der Waals surface area (Å²) in [7, 11) is -3.33. The van der Waals surface area contributed by atoms with E-state index in [1.165, 1.54) is 23.1 Å². The molecule has 4 rings (SSSR count). The first-order chi connectivity index (χ1) is 14.9. The molecule has 0 saturated heterocycles. The van der Waals surface area contributed by atoms with E-state index in [2.05, 4.69) is 34.3 Å². The van der Waals surface area contributed by atoms with Crippen molar-refractivity contribution < 1.29 is 13.2 Å². The maximum atomic E-state index is 11.7. The van der Waals surface area contributed by atoms with Gasteiger partial charge in [-0.1, -0.05) is 36.2 Å². The molecule has 2 aromatic carbocycles. The van der Waals surface area contributed by atoms with Crippen molar-refractivity contribution in [3.05, 3.63) is 64.2 Å². The molecule has 184 valence electrons. The number of halogens is 3. The first kappa shape index (κ1) is 28.2. The standard InChI is InChI=1S/C23H30ClN3O3S.2ClH/c24-19-5-3-18(4-6-19)23(9-1-10-23)22-21-16-20(7-2-17(21)8-12-26-22)30-14-13-27-31(28,29)15-11-25;;/h2-7,16,22,26-27H,1,8-15,25H2;2*1H/t22-;;/m1../s1. The first-order valence-electron chi connectivity index (χ1n) is 10.9. The maximum absolute atomic E-state index is 11.7. The number of rotatable bonds is 9. The lowest BCUT2D eigenvalue weighted by molar-refractivity contribution is 0.164. The fourth-order valence-corrected chi connectivity index (χ4v) is 5.77. The topological polar surface area (TPSA) is 93.5 Å². The van der Waals surface area contributed by atoms with E-state index in [1.807, 2.05) is 18.2 Å². The molecular formula is C23H32Cl3N3O3S. The quantitative estimate of drug-likeness (QED) is 0.425. The summed E-state index contributed by atoms with van der Waals surface area (Å²) in [5.41, 5.74) is 9.35. The van der Waals surface area contributed by atoms with Gasteiger partial charge in [0.2, 0.25) is 10.0 Å². The van der Waals surface area contributed by atoms with Crippen molar-refractivity contribution in [2.24, 2.45) is 5.73 Å². The predicted molar refractivity (Wildman–Crippen MR) is 139 cm³/mol. The van der Waals surface area contributed by atoms with Crippen LogP contribution in [0, 0.1) is 0 Å². The SMILES string of the molecule is Cl.Cl.NCCS(=O)(=O)NCCOc1ccc2c(c1)[C@H](C1(c3ccc(Cl)cc3)CCC1)NCC2. The monoisotopic (exact) mass is 535 g/mol. The third-order valence-electron chi connectivity index (χ3n) is 6.47. The molecule has 1 fully saturated rings. The van der Waals surface area contributed by atoms with Crippen LogP contribution in [0.3, 0.4) is 0 Å². The average molecular weight is 537 g/mol. The number of hydrogen-bond acceptors (Lipinski definition) is 5. The van der Waals surface area contributed by atoms with E-state index in [4.69, 9.17) is 22.1 Å². The summed E-state index contributed by atoms with van der Waals surface area (Å²) in [4.78, 5) is 0. The van der Waals surface area contributed by atoms with E-state index in [9.17, 15) is 8.42 Å². The smallest absolute Gasteiger partial charge is 0.212 e. The second kappa shape index (κ2) is 12.1. The van der Waals surface area contributed by atoms with Crippen molar-refractivity contribution in [1.82, 2.24) is 10.0 Å². The van der Waals surface area contributed by atoms with Crippen LogP contribution < -0.4 is 20.5 Å². The van der Waals surface area contributed by atoms with Gasteiger partial charge in [-0.25, -0.2) is 13.1 Å². The Balaban J connectivity index is 0.00000193. The van der Waals surface area contributed by atoms with Crippen LogP contribution in [0.1, 0.15) is 42.0 Å². The van der Waals surface area contributed by atoms with Crippen molar-refractivity contribution in [1.29, 1.82) is 0 Å². The summed E-state index contributed by atoms with van der Waals surface area (Å²) < 4.78 is 31.8. The lowest BCUT2D eigenvalue weighted by atomic mass is 9.58. The number of nitrogens with two attached hydrogens (primary N) is 1. The molecule has 0 aromatic heterocycles. The van der Waals surface area contributed by atoms with Crippen LogP contribution >= 0.6 is 36.4 Å². The molecule has 1 heterocycles. The Kier molecular flexibility index (Phi) is 10.3. The molecule has 10 heteroatoms. The van der Waals surface area contributed by atoms with E-state index in [0.29, 0.717) is 0 Å². The number of benzene rings is 2. The molecular weight excluding hydrogens is 505 g/mol. The number of nitrogens with one attached hydrogen (secondary N) is 2. The third-order valence-corrected chi connectivity index (χ3v) is 8.14. The van der Waals surface area contributed by atoms with Crippen molar-refractivity contribution in [3.8, 4) is 5.75 Å². The highest BCUT2D eigenvalue weighted by atomic mass is 35.5. The third kappa shape index (κ3) is 6.34. The zero-order chi connectivity index (χ0) is 21.9. The molecule has 0 bridgehead atoms. The lowest BCUT2D eigenvalue weighted by Crippen LogP contribution is -2.49. The second-order valence-electron chi connectivity index (χ2n) is 8.36. The lowest BCUT2D eigenvalue weighted by Gasteiger charge is -2.50. The Labute approximate surface area is 213 Å². The Morgan fingerprint density at radius 1 is 1.15 bits per heavy atom. The van der Waals surface area contributed by atoms with E-state index in [1.54, 1.807) is 0 Å². The molecule has 1 aliphatic heterocycles. The van der Waals surface area contributed by atoms with Gasteiger partial charge < -0.3 is 15.8 Å². The summed E-state index contributed by atoms with van der Waals surface area (Å²) in [6.45, 7) is 1.54. The summed E-state index contributed by atoms with van der Waals surface area (Å²) in [6.07, 6.45) is 4.48. The van der Waals surface area contributed by atoms with Crippen molar-refractivity contribution in [2.45, 2.75) is 37.1 Å². The molecule has 33 heavy (non-hydrogen) atoms. The molecule has 0 unspecified atom stereocenters. The zero-order valence-corrected chi connectivity index (χ0v) is 21.6. The Morgan fingerprint density at radius 3 is 2.52 bits per heavy atom. The van der Waals surface area contributed by atoms with E-state index in [0.717, 1.165) is 36.6 Å². The van der Waals surface area contributed by atoms with Gasteiger partial charge in [-0.05, 0) is 66.8 Å². The predicted octanol–water partition coefficient (Wildman–Crippen LogP) is 3.75. The normalized spacial score (nSPS) is 18.8. The molecule has 6 nitrogen and oxygen atoms in total. The van der Waals surface area contributed by atoms with Crippen LogP contribution in [-0.4, -0.2) is 40.4 Å². The van der Waals surface area contributed by atoms with Gasteiger partial charge in [0.25, 0.3) is 0 Å². The van der Waals surface area contributed by atoms with Crippen LogP contribution in [-0.2, 0) is 21.9 Å². The van der Waals surface area contributed by atoms with Gasteiger partial charge in [0.1, 0.15) is 12.4 Å². The molecule has 0 amide bonds. The molecule has 2 aromatic rings. The highest BCUT2D eigenvalue weighted by molar-refractivity contribution is 7.89. The van der Waals surface area contributed by atoms with Crippen LogP contribution in [0.25, 0.3) is 0 Å². The molecule has 1 saturated carbocycles. The molecule has 1 atom stereocenters. The van der Waals surface area contributed by atoms with Crippen LogP contribution in [0.5, 0.6) is 5.75 Å². The summed E-state index contributed by atoms with van der Waals surface area (Å²) >= 11 is 6.14. The highest BCUT2D eigenvalue weighted by Crippen LogP contribution is 2.53. The Morgan fingerprint density at radius 2 is 1.88 bits per heavy atom. The maximum Gasteiger partial charge on any atom is 0.212 e. The van der Waals surface area contributed by atoms with Crippen molar-refractivity contribution in [2.75, 3.05) is 32.0 Å². The fourth-order valence-electron chi connectivity index (χ4n) is 4.79. The average Bonchev–Trinajstić information content (AvgIpc) is 2.72. The Bertz CT molecular complexity index is 1020. The number of hydrogen-bond donors (Lipinski definition) is 3. The Hall–Kier alpha value is -1.06. The van der Waals surface area contributed by atoms with Crippen LogP contribution in [0.2, 0.25) is 5.02 Å². The van der Waals surface area contributed by atoms with Gasteiger partial charge in [0.05, 0.1) is 5.75 Å². The van der Waals surface area contributed by atoms with Gasteiger partial charge in [-0.2, -0.15) is 0 Å². The molecule has 2 aliphatic rings. The summed E-state index contributed by atoms with van der Waals surface area (Å²) in [5.74, 6) is 0.683. The minimum absolute atomic E-state index is 0. The zero-order valence-electron chi connectivity index (χ0n) is 18.4.